The third kappa shape index (κ3) is 5.61. The van der Waals surface area contributed by atoms with Crippen molar-refractivity contribution in [2.75, 3.05) is 0 Å². The van der Waals surface area contributed by atoms with Crippen LogP contribution in [0.15, 0.2) is 188 Å². The maximum absolute atomic E-state index is 5.23. The van der Waals surface area contributed by atoms with E-state index in [2.05, 4.69) is 157 Å². The molecule has 2 aromatic heterocycles. The summed E-state index contributed by atoms with van der Waals surface area (Å²) in [6.45, 7) is 0. The average molecular weight is 638 g/mol. The maximum atomic E-state index is 5.23. The summed E-state index contributed by atoms with van der Waals surface area (Å²) in [7, 11) is 0. The quantitative estimate of drug-likeness (QED) is 0.170. The van der Waals surface area contributed by atoms with E-state index < -0.39 is 0 Å². The minimum atomic E-state index is 0.683. The minimum absolute atomic E-state index is 0.683. The molecule has 0 aliphatic heterocycles. The zero-order valence-corrected chi connectivity index (χ0v) is 27.2. The van der Waals surface area contributed by atoms with Crippen LogP contribution in [0.1, 0.15) is 0 Å². The lowest BCUT2D eigenvalue weighted by Gasteiger charge is -2.16. The Morgan fingerprint density at radius 3 is 1.40 bits per heavy atom. The molecule has 3 heteroatoms. The van der Waals surface area contributed by atoms with Gasteiger partial charge in [-0.3, -0.25) is 4.98 Å². The van der Waals surface area contributed by atoms with Crippen molar-refractivity contribution in [3.05, 3.63) is 188 Å². The van der Waals surface area contributed by atoms with Crippen molar-refractivity contribution in [3.8, 4) is 67.4 Å². The molecule has 0 aliphatic rings. The fourth-order valence-corrected chi connectivity index (χ4v) is 6.85. The van der Waals surface area contributed by atoms with E-state index in [0.717, 1.165) is 56.0 Å². The van der Waals surface area contributed by atoms with Crippen molar-refractivity contribution in [2.45, 2.75) is 0 Å². The lowest BCUT2D eigenvalue weighted by molar-refractivity contribution is 1.18. The molecule has 0 unspecified atom stereocenters. The van der Waals surface area contributed by atoms with E-state index in [9.17, 15) is 0 Å². The first-order valence-corrected chi connectivity index (χ1v) is 16.8. The molecule has 7 aromatic carbocycles. The average Bonchev–Trinajstić information content (AvgIpc) is 3.20. The van der Waals surface area contributed by atoms with Crippen LogP contribution in [0, 0.1) is 0 Å². The highest BCUT2D eigenvalue weighted by atomic mass is 14.9. The number of hydrogen-bond donors (Lipinski definition) is 0. The van der Waals surface area contributed by atoms with Crippen LogP contribution in [-0.2, 0) is 0 Å². The summed E-state index contributed by atoms with van der Waals surface area (Å²) in [5.41, 5.74) is 11.4. The van der Waals surface area contributed by atoms with Gasteiger partial charge in [0.2, 0.25) is 0 Å². The third-order valence-corrected chi connectivity index (χ3v) is 9.30. The van der Waals surface area contributed by atoms with Gasteiger partial charge in [-0.1, -0.05) is 140 Å². The van der Waals surface area contributed by atoms with Gasteiger partial charge in [-0.05, 0) is 86.3 Å². The number of pyridine rings is 1. The van der Waals surface area contributed by atoms with Crippen molar-refractivity contribution in [3.63, 3.8) is 0 Å². The van der Waals surface area contributed by atoms with Gasteiger partial charge in [0.1, 0.15) is 0 Å². The molecule has 3 nitrogen and oxygen atoms in total. The van der Waals surface area contributed by atoms with Crippen LogP contribution in [0.2, 0.25) is 0 Å². The van der Waals surface area contributed by atoms with E-state index in [4.69, 9.17) is 9.97 Å². The molecule has 234 valence electrons. The molecular weight excluding hydrogens is 607 g/mol. The highest BCUT2D eigenvalue weighted by Crippen LogP contribution is 2.40. The van der Waals surface area contributed by atoms with Gasteiger partial charge in [0.15, 0.2) is 5.82 Å². The van der Waals surface area contributed by atoms with Crippen molar-refractivity contribution in [2.24, 2.45) is 0 Å². The molecule has 0 saturated carbocycles. The smallest absolute Gasteiger partial charge is 0.160 e. The van der Waals surface area contributed by atoms with Crippen molar-refractivity contribution >= 4 is 21.5 Å². The number of nitrogens with zero attached hydrogens (tertiary/aromatic N) is 3. The fraction of sp³-hybridized carbons (Fsp3) is 0. The van der Waals surface area contributed by atoms with Gasteiger partial charge in [0.25, 0.3) is 0 Å². The second-order valence-corrected chi connectivity index (χ2v) is 12.5. The van der Waals surface area contributed by atoms with E-state index in [1.165, 1.54) is 27.1 Å². The summed E-state index contributed by atoms with van der Waals surface area (Å²) in [6, 6.07) is 63.9. The lowest BCUT2D eigenvalue weighted by atomic mass is 9.89. The van der Waals surface area contributed by atoms with Gasteiger partial charge < -0.3 is 0 Å². The Bertz CT molecular complexity index is 2500. The predicted octanol–water partition coefficient (Wildman–Crippen LogP) is 12.2. The van der Waals surface area contributed by atoms with Crippen molar-refractivity contribution < 1.29 is 0 Å². The summed E-state index contributed by atoms with van der Waals surface area (Å²) in [6.07, 6.45) is 1.83. The molecule has 9 aromatic rings. The Hall–Kier alpha value is -6.71. The molecule has 9 rings (SSSR count). The molecule has 2 heterocycles. The third-order valence-electron chi connectivity index (χ3n) is 9.30. The highest BCUT2D eigenvalue weighted by Gasteiger charge is 2.16. The molecule has 0 aliphatic carbocycles. The Balaban J connectivity index is 1.30. The molecule has 0 fully saturated rings. The van der Waals surface area contributed by atoms with Crippen LogP contribution >= 0.6 is 0 Å². The van der Waals surface area contributed by atoms with Crippen LogP contribution in [0.4, 0.5) is 0 Å². The van der Waals surface area contributed by atoms with E-state index in [1.807, 2.05) is 36.5 Å². The summed E-state index contributed by atoms with van der Waals surface area (Å²) in [4.78, 5) is 15.0. The van der Waals surface area contributed by atoms with Crippen LogP contribution < -0.4 is 0 Å². The number of fused-ring (bicyclic) bond motifs is 2. The van der Waals surface area contributed by atoms with E-state index >= 15 is 0 Å². The molecule has 0 atom stereocenters. The summed E-state index contributed by atoms with van der Waals surface area (Å²) >= 11 is 0. The van der Waals surface area contributed by atoms with Crippen molar-refractivity contribution in [1.82, 2.24) is 15.0 Å². The van der Waals surface area contributed by atoms with Gasteiger partial charge >= 0.3 is 0 Å². The molecule has 50 heavy (non-hydrogen) atoms. The zero-order valence-electron chi connectivity index (χ0n) is 27.2. The van der Waals surface area contributed by atoms with Gasteiger partial charge in [0, 0.05) is 28.5 Å². The predicted molar refractivity (Wildman–Crippen MR) is 207 cm³/mol. The maximum Gasteiger partial charge on any atom is 0.160 e. The van der Waals surface area contributed by atoms with E-state index in [0.29, 0.717) is 5.82 Å². The van der Waals surface area contributed by atoms with Gasteiger partial charge in [0.05, 0.1) is 17.1 Å². The first kappa shape index (κ1) is 29.4. The number of aromatic nitrogens is 3. The highest BCUT2D eigenvalue weighted by molar-refractivity contribution is 6.13. The SMILES string of the molecule is c1ccc(-c2cc(-c3ccccc3)nc(-c3cc(-c4ccc(-c5ccccn5)cc4)cc(-c4c5ccccc5cc5ccccc45)c3)n2)cc1. The molecule has 0 radical (unpaired) electrons. The zero-order chi connectivity index (χ0) is 33.3. The van der Waals surface area contributed by atoms with Crippen LogP contribution in [0.25, 0.3) is 89.0 Å². The fourth-order valence-electron chi connectivity index (χ4n) is 6.85. The summed E-state index contributed by atoms with van der Waals surface area (Å²) in [5, 5.41) is 4.84. The minimum Gasteiger partial charge on any atom is -0.256 e. The van der Waals surface area contributed by atoms with Crippen molar-refractivity contribution in [1.29, 1.82) is 0 Å². The Morgan fingerprint density at radius 2 is 0.800 bits per heavy atom. The molecular formula is C47H31N3. The van der Waals surface area contributed by atoms with Gasteiger partial charge in [-0.25, -0.2) is 9.97 Å². The Kier molecular flexibility index (Phi) is 7.49. The van der Waals surface area contributed by atoms with Gasteiger partial charge in [-0.15, -0.1) is 0 Å². The lowest BCUT2D eigenvalue weighted by Crippen LogP contribution is -1.97. The second kappa shape index (κ2) is 12.7. The first-order chi connectivity index (χ1) is 24.8. The molecule has 0 bridgehead atoms. The van der Waals surface area contributed by atoms with Crippen LogP contribution in [-0.4, -0.2) is 15.0 Å². The van der Waals surface area contributed by atoms with E-state index in [-0.39, 0.29) is 0 Å². The number of benzene rings is 7. The summed E-state index contributed by atoms with van der Waals surface area (Å²) < 4.78 is 0. The normalized spacial score (nSPS) is 11.2. The first-order valence-electron chi connectivity index (χ1n) is 16.8. The van der Waals surface area contributed by atoms with Gasteiger partial charge in [-0.2, -0.15) is 0 Å². The molecule has 0 amide bonds. The number of hydrogen-bond acceptors (Lipinski definition) is 3. The van der Waals surface area contributed by atoms with Crippen LogP contribution in [0.5, 0.6) is 0 Å². The Labute approximate surface area is 291 Å². The second-order valence-electron chi connectivity index (χ2n) is 12.5. The van der Waals surface area contributed by atoms with E-state index in [1.54, 1.807) is 0 Å². The topological polar surface area (TPSA) is 38.7 Å². The molecule has 0 N–H and O–H groups in total. The molecule has 0 spiro atoms. The largest absolute Gasteiger partial charge is 0.256 e. The van der Waals surface area contributed by atoms with Crippen LogP contribution in [0.3, 0.4) is 0 Å². The summed E-state index contributed by atoms with van der Waals surface area (Å²) in [5.74, 6) is 0.683. The molecule has 0 saturated heterocycles. The standard InChI is InChI=1S/C47H31N3/c1-3-13-33(14-4-1)44-31-45(34-15-5-2-6-16-34)50-47(49-44)40-29-38(32-22-24-35(25-23-32)43-21-11-12-26-48-43)28-39(30-40)46-41-19-9-7-17-36(41)27-37-18-8-10-20-42(37)46/h1-31H. The monoisotopic (exact) mass is 637 g/mol. The Morgan fingerprint density at radius 1 is 0.300 bits per heavy atom. The number of rotatable bonds is 6.